The predicted octanol–water partition coefficient (Wildman–Crippen LogP) is 5.00. The number of allylic oxidation sites excluding steroid dienone is 1. The summed E-state index contributed by atoms with van der Waals surface area (Å²) < 4.78 is 16.7. The molecule has 0 saturated heterocycles. The lowest BCUT2D eigenvalue weighted by molar-refractivity contribution is -0.873. The number of quaternary nitrogens is 1. The van der Waals surface area contributed by atoms with Gasteiger partial charge >= 0.3 is 7.82 Å². The maximum atomic E-state index is 11.4. The number of carbonyl (C=O) groups excluding carboxylic acids is 1. The van der Waals surface area contributed by atoms with E-state index in [1.165, 1.54) is 32.1 Å². The zero-order valence-corrected chi connectivity index (χ0v) is 19.4. The Morgan fingerprint density at radius 2 is 1.36 bits per heavy atom. The van der Waals surface area contributed by atoms with Gasteiger partial charge in [-0.1, -0.05) is 64.4 Å². The van der Waals surface area contributed by atoms with Crippen LogP contribution in [0.3, 0.4) is 0 Å². The summed E-state index contributed by atoms with van der Waals surface area (Å²) in [5.74, 6) is 0.190. The summed E-state index contributed by atoms with van der Waals surface area (Å²) in [7, 11) is 1.55. The van der Waals surface area contributed by atoms with Crippen LogP contribution in [0.2, 0.25) is 0 Å². The fourth-order valence-corrected chi connectivity index (χ4v) is 3.83. The predicted molar refractivity (Wildman–Crippen MR) is 115 cm³/mol. The third-order valence-electron chi connectivity index (χ3n) is 4.69. The number of hydrogen-bond donors (Lipinski definition) is 2. The van der Waals surface area contributed by atoms with E-state index in [0.29, 0.717) is 29.4 Å². The van der Waals surface area contributed by atoms with Crippen LogP contribution >= 0.6 is 7.82 Å². The van der Waals surface area contributed by atoms with Crippen molar-refractivity contribution in [3.05, 3.63) is 12.2 Å². The van der Waals surface area contributed by atoms with E-state index in [9.17, 15) is 9.36 Å². The van der Waals surface area contributed by atoms with Gasteiger partial charge in [-0.25, -0.2) is 4.57 Å². The first kappa shape index (κ1) is 27.5. The topological polar surface area (TPSA) is 83.8 Å². The fraction of sp³-hybridized carbons (Fsp3) is 0.857. The first-order valence-corrected chi connectivity index (χ1v) is 12.2. The molecule has 0 aromatic rings. The summed E-state index contributed by atoms with van der Waals surface area (Å²) in [4.78, 5) is 29.6. The number of carbonyl (C=O) groups is 1. The van der Waals surface area contributed by atoms with E-state index >= 15 is 0 Å². The Hall–Kier alpha value is -0.520. The highest BCUT2D eigenvalue weighted by atomic mass is 31.2. The van der Waals surface area contributed by atoms with Crippen LogP contribution in [0.15, 0.2) is 12.2 Å². The molecule has 6 nitrogen and oxygen atoms in total. The summed E-state index contributed by atoms with van der Waals surface area (Å²) in [6.45, 7) is 6.03. The molecule has 2 N–H and O–H groups in total. The second-order valence-electron chi connectivity index (χ2n) is 8.97. The second-order valence-corrected chi connectivity index (χ2v) is 10.2. The van der Waals surface area contributed by atoms with Crippen LogP contribution in [0.4, 0.5) is 0 Å². The summed E-state index contributed by atoms with van der Waals surface area (Å²) in [5.41, 5.74) is 0.664. The monoisotopic (exact) mass is 420 g/mol. The van der Waals surface area contributed by atoms with Crippen LogP contribution in [0, 0.1) is 0 Å². The highest BCUT2D eigenvalue weighted by Gasteiger charge is 2.26. The molecule has 0 aliphatic heterocycles. The molecule has 0 fully saturated rings. The summed E-state index contributed by atoms with van der Waals surface area (Å²) in [6, 6.07) is 0. The quantitative estimate of drug-likeness (QED) is 0.141. The van der Waals surface area contributed by atoms with Gasteiger partial charge in [0.1, 0.15) is 12.6 Å². The van der Waals surface area contributed by atoms with E-state index in [2.05, 4.69) is 6.58 Å². The molecule has 0 saturated carbocycles. The largest absolute Gasteiger partial charge is 0.470 e. The first-order chi connectivity index (χ1) is 12.9. The van der Waals surface area contributed by atoms with Crippen molar-refractivity contribution in [3.8, 4) is 0 Å². The number of ketones is 1. The lowest BCUT2D eigenvalue weighted by Crippen LogP contribution is -2.42. The van der Waals surface area contributed by atoms with Crippen molar-refractivity contribution in [2.45, 2.75) is 90.1 Å². The Bertz CT molecular complexity index is 496. The Balaban J connectivity index is 3.66. The molecular weight excluding hydrogens is 377 g/mol. The molecule has 1 unspecified atom stereocenters. The van der Waals surface area contributed by atoms with E-state index in [1.54, 1.807) is 6.92 Å². The van der Waals surface area contributed by atoms with Crippen LogP contribution in [-0.4, -0.2) is 53.8 Å². The van der Waals surface area contributed by atoms with E-state index in [1.807, 2.05) is 21.1 Å². The van der Waals surface area contributed by atoms with Gasteiger partial charge in [-0.3, -0.25) is 9.32 Å². The SMILES string of the molecule is C=C(C)C(=O)CCCCCCCCCCCCC(C[N+](C)(C)C)OP(=O)(O)O. The van der Waals surface area contributed by atoms with Crippen LogP contribution in [0.1, 0.15) is 84.0 Å². The number of rotatable bonds is 18. The summed E-state index contributed by atoms with van der Waals surface area (Å²) >= 11 is 0. The standard InChI is InChI=1S/C21H42NO5P/c1-19(2)21(23)17-15-13-11-9-7-6-8-10-12-14-16-20(18-22(3,4)5)27-28(24,25)26/h20H,1,6-18H2,2-5H3,(H-,24,25,26)/p+1. The van der Waals surface area contributed by atoms with Gasteiger partial charge in [-0.15, -0.1) is 0 Å². The third kappa shape index (κ3) is 18.8. The molecule has 7 heteroatoms. The summed E-state index contributed by atoms with van der Waals surface area (Å²) in [6.07, 6.45) is 12.2. The molecule has 0 aromatic carbocycles. The van der Waals surface area contributed by atoms with Gasteiger partial charge in [0.05, 0.1) is 21.1 Å². The Morgan fingerprint density at radius 3 is 1.75 bits per heavy atom. The van der Waals surface area contributed by atoms with Gasteiger partial charge < -0.3 is 14.3 Å². The lowest BCUT2D eigenvalue weighted by atomic mass is 10.0. The van der Waals surface area contributed by atoms with Crippen LogP contribution < -0.4 is 0 Å². The minimum Gasteiger partial charge on any atom is -0.329 e. The molecule has 0 bridgehead atoms. The van der Waals surface area contributed by atoms with Crippen molar-refractivity contribution in [2.75, 3.05) is 27.7 Å². The maximum Gasteiger partial charge on any atom is 0.470 e. The molecule has 0 spiro atoms. The Morgan fingerprint density at radius 1 is 0.929 bits per heavy atom. The maximum absolute atomic E-state index is 11.4. The van der Waals surface area contributed by atoms with Gasteiger partial charge in [0.2, 0.25) is 0 Å². The minimum absolute atomic E-state index is 0.190. The van der Waals surface area contributed by atoms with Crippen LogP contribution in [-0.2, 0) is 13.9 Å². The number of phosphoric acid groups is 1. The Kier molecular flexibility index (Phi) is 14.2. The molecular formula is C21H43NO5P+. The molecule has 0 aliphatic rings. The molecule has 0 radical (unpaired) electrons. The average molecular weight is 421 g/mol. The molecule has 28 heavy (non-hydrogen) atoms. The molecule has 166 valence electrons. The van der Waals surface area contributed by atoms with Gasteiger partial charge in [0.25, 0.3) is 0 Å². The third-order valence-corrected chi connectivity index (χ3v) is 5.27. The van der Waals surface area contributed by atoms with Crippen molar-refractivity contribution in [1.29, 1.82) is 0 Å². The fourth-order valence-electron chi connectivity index (χ4n) is 3.27. The van der Waals surface area contributed by atoms with E-state index in [-0.39, 0.29) is 5.78 Å². The smallest absolute Gasteiger partial charge is 0.329 e. The van der Waals surface area contributed by atoms with E-state index < -0.39 is 13.9 Å². The number of hydrogen-bond acceptors (Lipinski definition) is 3. The van der Waals surface area contributed by atoms with Crippen LogP contribution in [0.25, 0.3) is 0 Å². The molecule has 0 aromatic heterocycles. The normalized spacial score (nSPS) is 13.5. The van der Waals surface area contributed by atoms with Gasteiger partial charge in [-0.2, -0.15) is 0 Å². The molecule has 0 heterocycles. The Labute approximate surface area is 172 Å². The number of nitrogens with zero attached hydrogens (tertiary/aromatic N) is 1. The zero-order chi connectivity index (χ0) is 21.6. The first-order valence-electron chi connectivity index (χ1n) is 10.6. The van der Waals surface area contributed by atoms with Crippen molar-refractivity contribution >= 4 is 13.6 Å². The number of phosphoric ester groups is 1. The van der Waals surface area contributed by atoms with Crippen molar-refractivity contribution < 1.29 is 28.2 Å². The van der Waals surface area contributed by atoms with E-state index in [0.717, 1.165) is 32.1 Å². The van der Waals surface area contributed by atoms with Gasteiger partial charge in [0.15, 0.2) is 5.78 Å². The van der Waals surface area contributed by atoms with E-state index in [4.69, 9.17) is 14.3 Å². The lowest BCUT2D eigenvalue weighted by Gasteiger charge is -2.29. The molecule has 0 amide bonds. The zero-order valence-electron chi connectivity index (χ0n) is 18.5. The van der Waals surface area contributed by atoms with Crippen molar-refractivity contribution in [3.63, 3.8) is 0 Å². The average Bonchev–Trinajstić information content (AvgIpc) is 2.52. The van der Waals surface area contributed by atoms with Gasteiger partial charge in [-0.05, 0) is 25.3 Å². The second kappa shape index (κ2) is 14.5. The molecule has 1 atom stereocenters. The highest BCUT2D eigenvalue weighted by molar-refractivity contribution is 7.46. The minimum atomic E-state index is -4.43. The molecule has 0 aliphatic carbocycles. The van der Waals surface area contributed by atoms with Gasteiger partial charge in [0, 0.05) is 6.42 Å². The van der Waals surface area contributed by atoms with Crippen LogP contribution in [0.5, 0.6) is 0 Å². The molecule has 0 rings (SSSR count). The number of Topliss-reactive ketones (excluding diaryl/α,β-unsaturated/α-hetero) is 1. The van der Waals surface area contributed by atoms with Crippen molar-refractivity contribution in [2.24, 2.45) is 0 Å². The van der Waals surface area contributed by atoms with Crippen molar-refractivity contribution in [1.82, 2.24) is 0 Å². The highest BCUT2D eigenvalue weighted by Crippen LogP contribution is 2.39. The summed E-state index contributed by atoms with van der Waals surface area (Å²) in [5, 5.41) is 0. The number of unbranched alkanes of at least 4 members (excludes halogenated alkanes) is 9. The number of likely N-dealkylation sites (N-methyl/N-ethyl adjacent to an activating group) is 1.